The lowest BCUT2D eigenvalue weighted by molar-refractivity contribution is 0.0680. The lowest BCUT2D eigenvalue weighted by Crippen LogP contribution is -2.37. The fourth-order valence-corrected chi connectivity index (χ4v) is 4.02. The van der Waals surface area contributed by atoms with Crippen molar-refractivity contribution in [2.45, 2.75) is 58.9 Å². The van der Waals surface area contributed by atoms with Crippen LogP contribution in [0.5, 0.6) is 0 Å². The molecule has 0 aliphatic carbocycles. The SMILES string of the molecule is CCCCCc1ccc(C(=O)N(CCC)C(C)c2nc3ccccc3c(=O)n2C)cc1. The standard InChI is InChI=1S/C26H33N3O2/c1-5-7-8-11-20-14-16-21(17-15-20)25(30)29(18-6-2)19(3)24-27-23-13-10-9-12-22(23)26(31)28(24)4/h9-10,12-17,19H,5-8,11,18H2,1-4H3. The Labute approximate surface area is 184 Å². The van der Waals surface area contributed by atoms with Gasteiger partial charge in [0.1, 0.15) is 5.82 Å². The minimum Gasteiger partial charge on any atom is -0.329 e. The number of carbonyl (C=O) groups excluding carboxylic acids is 1. The average Bonchev–Trinajstić information content (AvgIpc) is 2.79. The summed E-state index contributed by atoms with van der Waals surface area (Å²) < 4.78 is 1.57. The monoisotopic (exact) mass is 419 g/mol. The zero-order valence-corrected chi connectivity index (χ0v) is 19.1. The van der Waals surface area contributed by atoms with Crippen LogP contribution in [0, 0.1) is 0 Å². The Balaban J connectivity index is 1.89. The molecule has 0 aliphatic rings. The summed E-state index contributed by atoms with van der Waals surface area (Å²) in [4.78, 5) is 32.8. The van der Waals surface area contributed by atoms with Gasteiger partial charge in [0.2, 0.25) is 0 Å². The minimum atomic E-state index is -0.320. The third-order valence-electron chi connectivity index (χ3n) is 5.85. The van der Waals surface area contributed by atoms with E-state index in [1.54, 1.807) is 17.7 Å². The highest BCUT2D eigenvalue weighted by Gasteiger charge is 2.25. The predicted octanol–water partition coefficient (Wildman–Crippen LogP) is 5.28. The number of carbonyl (C=O) groups is 1. The number of aromatic nitrogens is 2. The van der Waals surface area contributed by atoms with Crippen LogP contribution in [-0.4, -0.2) is 26.9 Å². The summed E-state index contributed by atoms with van der Waals surface area (Å²) >= 11 is 0. The van der Waals surface area contributed by atoms with Crippen molar-refractivity contribution in [2.24, 2.45) is 7.05 Å². The number of benzene rings is 2. The first-order chi connectivity index (χ1) is 15.0. The van der Waals surface area contributed by atoms with E-state index < -0.39 is 0 Å². The van der Waals surface area contributed by atoms with Crippen molar-refractivity contribution in [3.05, 3.63) is 75.8 Å². The first-order valence-corrected chi connectivity index (χ1v) is 11.3. The van der Waals surface area contributed by atoms with Crippen LogP contribution < -0.4 is 5.56 Å². The molecule has 0 spiro atoms. The number of fused-ring (bicyclic) bond motifs is 1. The van der Waals surface area contributed by atoms with Crippen molar-refractivity contribution >= 4 is 16.8 Å². The molecule has 0 bridgehead atoms. The largest absolute Gasteiger partial charge is 0.329 e. The number of hydrogen-bond donors (Lipinski definition) is 0. The molecule has 0 saturated heterocycles. The number of hydrogen-bond acceptors (Lipinski definition) is 3. The van der Waals surface area contributed by atoms with Crippen LogP contribution in [-0.2, 0) is 13.5 Å². The van der Waals surface area contributed by atoms with Gasteiger partial charge in [-0.2, -0.15) is 0 Å². The third kappa shape index (κ3) is 5.04. The Morgan fingerprint density at radius 3 is 2.42 bits per heavy atom. The molecule has 1 aromatic heterocycles. The van der Waals surface area contributed by atoms with Crippen molar-refractivity contribution in [3.63, 3.8) is 0 Å². The molecular weight excluding hydrogens is 386 g/mol. The Morgan fingerprint density at radius 1 is 1.03 bits per heavy atom. The fourth-order valence-electron chi connectivity index (χ4n) is 4.02. The molecule has 5 nitrogen and oxygen atoms in total. The number of nitrogens with zero attached hydrogens (tertiary/aromatic N) is 3. The second-order valence-corrected chi connectivity index (χ2v) is 8.18. The quantitative estimate of drug-likeness (QED) is 0.443. The fraction of sp³-hybridized carbons (Fsp3) is 0.423. The van der Waals surface area contributed by atoms with Gasteiger partial charge >= 0.3 is 0 Å². The van der Waals surface area contributed by atoms with Crippen LogP contribution >= 0.6 is 0 Å². The van der Waals surface area contributed by atoms with Gasteiger partial charge in [0.15, 0.2) is 0 Å². The average molecular weight is 420 g/mol. The second kappa shape index (κ2) is 10.4. The van der Waals surface area contributed by atoms with E-state index in [4.69, 9.17) is 4.98 Å². The molecule has 164 valence electrons. The number of para-hydroxylation sites is 1. The van der Waals surface area contributed by atoms with E-state index in [2.05, 4.69) is 26.0 Å². The molecule has 3 aromatic rings. The van der Waals surface area contributed by atoms with Gasteiger partial charge in [0.05, 0.1) is 16.9 Å². The molecule has 2 aromatic carbocycles. The van der Waals surface area contributed by atoms with E-state index in [9.17, 15) is 9.59 Å². The zero-order valence-electron chi connectivity index (χ0n) is 19.1. The number of rotatable bonds is 9. The summed E-state index contributed by atoms with van der Waals surface area (Å²) in [5.74, 6) is 0.568. The summed E-state index contributed by atoms with van der Waals surface area (Å²) in [7, 11) is 1.73. The smallest absolute Gasteiger partial charge is 0.261 e. The summed E-state index contributed by atoms with van der Waals surface area (Å²) in [6.07, 6.45) is 5.46. The van der Waals surface area contributed by atoms with Crippen molar-refractivity contribution < 1.29 is 4.79 Å². The molecular formula is C26H33N3O2. The van der Waals surface area contributed by atoms with Gasteiger partial charge in [-0.25, -0.2) is 4.98 Å². The van der Waals surface area contributed by atoms with Crippen molar-refractivity contribution in [1.29, 1.82) is 0 Å². The normalized spacial score (nSPS) is 12.1. The highest BCUT2D eigenvalue weighted by atomic mass is 16.2. The van der Waals surface area contributed by atoms with Gasteiger partial charge in [-0.05, 0) is 56.0 Å². The molecule has 0 saturated carbocycles. The summed E-state index contributed by atoms with van der Waals surface area (Å²) in [6.45, 7) is 6.80. The molecule has 3 rings (SSSR count). The Hall–Kier alpha value is -2.95. The Bertz CT molecular complexity index is 1090. The van der Waals surface area contributed by atoms with E-state index in [-0.39, 0.29) is 17.5 Å². The van der Waals surface area contributed by atoms with Crippen LogP contribution in [0.15, 0.2) is 53.3 Å². The van der Waals surface area contributed by atoms with Crippen LogP contribution in [0.25, 0.3) is 10.9 Å². The maximum absolute atomic E-state index is 13.4. The Kier molecular flexibility index (Phi) is 7.61. The molecule has 31 heavy (non-hydrogen) atoms. The maximum Gasteiger partial charge on any atom is 0.261 e. The number of aryl methyl sites for hydroxylation is 1. The maximum atomic E-state index is 13.4. The predicted molar refractivity (Wildman–Crippen MR) is 126 cm³/mol. The second-order valence-electron chi connectivity index (χ2n) is 8.18. The highest BCUT2D eigenvalue weighted by molar-refractivity contribution is 5.94. The lowest BCUT2D eigenvalue weighted by Gasteiger charge is -2.30. The molecule has 1 heterocycles. The van der Waals surface area contributed by atoms with Crippen LogP contribution in [0.3, 0.4) is 0 Å². The number of amides is 1. The summed E-state index contributed by atoms with van der Waals surface area (Å²) in [5.41, 5.74) is 2.50. The van der Waals surface area contributed by atoms with Gasteiger partial charge in [-0.15, -0.1) is 0 Å². The van der Waals surface area contributed by atoms with Gasteiger partial charge < -0.3 is 4.90 Å². The van der Waals surface area contributed by atoms with E-state index in [1.807, 2.05) is 42.2 Å². The topological polar surface area (TPSA) is 55.2 Å². The first kappa shape index (κ1) is 22.7. The van der Waals surface area contributed by atoms with Crippen molar-refractivity contribution in [3.8, 4) is 0 Å². The van der Waals surface area contributed by atoms with Crippen molar-refractivity contribution in [2.75, 3.05) is 6.54 Å². The van der Waals surface area contributed by atoms with E-state index in [0.29, 0.717) is 28.8 Å². The summed E-state index contributed by atoms with van der Waals surface area (Å²) in [5, 5.41) is 0.591. The number of unbranched alkanes of at least 4 members (excludes halogenated alkanes) is 2. The third-order valence-corrected chi connectivity index (χ3v) is 5.85. The van der Waals surface area contributed by atoms with Crippen molar-refractivity contribution in [1.82, 2.24) is 14.5 Å². The molecule has 0 radical (unpaired) electrons. The Morgan fingerprint density at radius 2 is 1.74 bits per heavy atom. The molecule has 1 atom stereocenters. The molecule has 5 heteroatoms. The van der Waals surface area contributed by atoms with Crippen LogP contribution in [0.2, 0.25) is 0 Å². The molecule has 0 N–H and O–H groups in total. The molecule has 0 fully saturated rings. The molecule has 0 aliphatic heterocycles. The molecule has 1 unspecified atom stereocenters. The van der Waals surface area contributed by atoms with Gasteiger partial charge in [0.25, 0.3) is 11.5 Å². The van der Waals surface area contributed by atoms with E-state index in [0.717, 1.165) is 12.8 Å². The van der Waals surface area contributed by atoms with E-state index in [1.165, 1.54) is 24.8 Å². The van der Waals surface area contributed by atoms with Gasteiger partial charge in [-0.1, -0.05) is 51.0 Å². The van der Waals surface area contributed by atoms with E-state index >= 15 is 0 Å². The lowest BCUT2D eigenvalue weighted by atomic mass is 10.0. The molecule has 1 amide bonds. The van der Waals surface area contributed by atoms with Gasteiger partial charge in [0, 0.05) is 19.2 Å². The van der Waals surface area contributed by atoms with Gasteiger partial charge in [-0.3, -0.25) is 14.2 Å². The first-order valence-electron chi connectivity index (χ1n) is 11.3. The van der Waals surface area contributed by atoms with Crippen LogP contribution in [0.1, 0.15) is 74.2 Å². The zero-order chi connectivity index (χ0) is 22.4. The minimum absolute atomic E-state index is 0.0307. The highest BCUT2D eigenvalue weighted by Crippen LogP contribution is 2.22. The van der Waals surface area contributed by atoms with Crippen LogP contribution in [0.4, 0.5) is 0 Å². The summed E-state index contributed by atoms with van der Waals surface area (Å²) in [6, 6.07) is 15.0.